The molecule has 0 spiro atoms. The van der Waals surface area contributed by atoms with Crippen molar-refractivity contribution >= 4 is 23.5 Å². The normalized spacial score (nSPS) is 15.7. The average Bonchev–Trinajstić information content (AvgIpc) is 3.22. The van der Waals surface area contributed by atoms with Crippen LogP contribution in [0.1, 0.15) is 28.1 Å². The summed E-state index contributed by atoms with van der Waals surface area (Å²) in [6, 6.07) is 43.2. The van der Waals surface area contributed by atoms with Crippen molar-refractivity contribution in [2.45, 2.75) is 5.82 Å². The van der Waals surface area contributed by atoms with E-state index in [1.165, 1.54) is 38.9 Å². The molecule has 0 amide bonds. The van der Waals surface area contributed by atoms with Crippen molar-refractivity contribution in [2.24, 2.45) is 0 Å². The van der Waals surface area contributed by atoms with Crippen molar-refractivity contribution in [3.8, 4) is 0 Å². The first-order valence-electron chi connectivity index (χ1n) is 10.1. The standard InChI is InChI=1S/C28H21B/c1-5-13-21(14-6-1)25-26(22-15-7-2-8-16-22)28(24-19-11-4-12-20-24)29-27(25)23-17-9-3-10-18-23/h1-20,27H/t27-/m1/s1. The molecule has 0 N–H and O–H groups in total. The van der Waals surface area contributed by atoms with Gasteiger partial charge in [-0.2, -0.15) is 0 Å². The molecular formula is C28H21B. The van der Waals surface area contributed by atoms with Crippen LogP contribution in [0.25, 0.3) is 11.1 Å². The second kappa shape index (κ2) is 7.89. The van der Waals surface area contributed by atoms with Crippen molar-refractivity contribution in [1.82, 2.24) is 0 Å². The van der Waals surface area contributed by atoms with Crippen LogP contribution in [0, 0.1) is 0 Å². The molecule has 0 aromatic heterocycles. The van der Waals surface area contributed by atoms with E-state index in [0.717, 1.165) is 0 Å². The average molecular weight is 368 g/mol. The van der Waals surface area contributed by atoms with Crippen molar-refractivity contribution in [3.05, 3.63) is 144 Å². The van der Waals surface area contributed by atoms with Crippen LogP contribution in [0.3, 0.4) is 0 Å². The first-order valence-corrected chi connectivity index (χ1v) is 10.1. The van der Waals surface area contributed by atoms with E-state index in [4.69, 9.17) is 0 Å². The van der Waals surface area contributed by atoms with E-state index < -0.39 is 0 Å². The molecule has 0 unspecified atom stereocenters. The van der Waals surface area contributed by atoms with Gasteiger partial charge in [-0.05, 0) is 0 Å². The molecule has 0 bridgehead atoms. The fourth-order valence-electron chi connectivity index (χ4n) is 4.27. The first-order chi connectivity index (χ1) is 14.4. The Balaban J connectivity index is 1.81. The predicted molar refractivity (Wildman–Crippen MR) is 125 cm³/mol. The van der Waals surface area contributed by atoms with E-state index in [-0.39, 0.29) is 5.82 Å². The Bertz CT molecular complexity index is 1160. The number of benzene rings is 4. The minimum atomic E-state index is 0.226. The maximum absolute atomic E-state index is 2.44. The Morgan fingerprint density at radius 3 is 1.45 bits per heavy atom. The summed E-state index contributed by atoms with van der Waals surface area (Å²) in [6.07, 6.45) is 0. The van der Waals surface area contributed by atoms with Crippen molar-refractivity contribution in [2.75, 3.05) is 0 Å². The molecule has 4 aromatic rings. The molecular weight excluding hydrogens is 347 g/mol. The zero-order chi connectivity index (χ0) is 19.5. The van der Waals surface area contributed by atoms with Gasteiger partial charge in [-0.25, -0.2) is 0 Å². The predicted octanol–water partition coefficient (Wildman–Crippen LogP) is 6.28. The Morgan fingerprint density at radius 2 is 0.897 bits per heavy atom. The maximum atomic E-state index is 2.44. The van der Waals surface area contributed by atoms with E-state index in [1.807, 2.05) is 0 Å². The molecule has 136 valence electrons. The van der Waals surface area contributed by atoms with Crippen LogP contribution in [-0.2, 0) is 0 Å². The van der Waals surface area contributed by atoms with Crippen molar-refractivity contribution < 1.29 is 0 Å². The van der Waals surface area contributed by atoms with E-state index in [9.17, 15) is 0 Å². The van der Waals surface area contributed by atoms with Gasteiger partial charge in [-0.15, -0.1) is 0 Å². The molecule has 0 nitrogen and oxygen atoms in total. The van der Waals surface area contributed by atoms with Gasteiger partial charge in [0.15, 0.2) is 0 Å². The number of allylic oxidation sites excluding steroid dienone is 2. The molecule has 1 aliphatic heterocycles. The third-order valence-corrected chi connectivity index (χ3v) is 5.57. The van der Waals surface area contributed by atoms with E-state index in [0.29, 0.717) is 0 Å². The zero-order valence-corrected chi connectivity index (χ0v) is 16.2. The van der Waals surface area contributed by atoms with Crippen LogP contribution in [0.15, 0.2) is 121 Å². The zero-order valence-electron chi connectivity index (χ0n) is 16.2. The SMILES string of the molecule is B1=C(c2ccccc2)C(c2ccccc2)=C(c2ccccc2)[C@H]1c1ccccc1. The van der Waals surface area contributed by atoms with Crippen molar-refractivity contribution in [3.63, 3.8) is 0 Å². The van der Waals surface area contributed by atoms with Crippen LogP contribution < -0.4 is 0 Å². The summed E-state index contributed by atoms with van der Waals surface area (Å²) in [5.41, 5.74) is 9.15. The van der Waals surface area contributed by atoms with Crippen LogP contribution >= 0.6 is 0 Å². The van der Waals surface area contributed by atoms with E-state index in [1.54, 1.807) is 0 Å². The monoisotopic (exact) mass is 368 g/mol. The van der Waals surface area contributed by atoms with Gasteiger partial charge in [-0.3, -0.25) is 0 Å². The van der Waals surface area contributed by atoms with Crippen LogP contribution in [0.2, 0.25) is 0 Å². The van der Waals surface area contributed by atoms with Gasteiger partial charge < -0.3 is 0 Å². The second-order valence-corrected chi connectivity index (χ2v) is 7.36. The number of rotatable bonds is 4. The molecule has 29 heavy (non-hydrogen) atoms. The molecule has 4 aromatic carbocycles. The molecule has 1 atom stereocenters. The molecule has 0 radical (unpaired) electrons. The Morgan fingerprint density at radius 1 is 0.448 bits per heavy atom. The molecule has 0 saturated heterocycles. The Hall–Kier alpha value is -3.45. The van der Waals surface area contributed by atoms with Gasteiger partial charge in [0.25, 0.3) is 0 Å². The van der Waals surface area contributed by atoms with Gasteiger partial charge in [-0.1, -0.05) is 0 Å². The van der Waals surface area contributed by atoms with Crippen molar-refractivity contribution in [1.29, 1.82) is 0 Å². The summed E-state index contributed by atoms with van der Waals surface area (Å²) in [5, 5.41) is 0. The van der Waals surface area contributed by atoms with E-state index >= 15 is 0 Å². The van der Waals surface area contributed by atoms with Gasteiger partial charge in [0.1, 0.15) is 0 Å². The quantitative estimate of drug-likeness (QED) is 0.372. The summed E-state index contributed by atoms with van der Waals surface area (Å²) in [7, 11) is 0. The van der Waals surface area contributed by atoms with Gasteiger partial charge >= 0.3 is 173 Å². The molecule has 5 rings (SSSR count). The molecule has 0 aliphatic carbocycles. The summed E-state index contributed by atoms with van der Waals surface area (Å²) in [4.78, 5) is 0. The summed E-state index contributed by atoms with van der Waals surface area (Å²) >= 11 is 0. The van der Waals surface area contributed by atoms with E-state index in [2.05, 4.69) is 128 Å². The van der Waals surface area contributed by atoms with Gasteiger partial charge in [0, 0.05) is 0 Å². The summed E-state index contributed by atoms with van der Waals surface area (Å²) in [5.74, 6) is 0.226. The van der Waals surface area contributed by atoms with Gasteiger partial charge in [0.05, 0.1) is 0 Å². The molecule has 0 saturated carbocycles. The Kier molecular flexibility index (Phi) is 4.80. The number of hydrogen-bond acceptors (Lipinski definition) is 0. The molecule has 1 heterocycles. The fraction of sp³-hybridized carbons (Fsp3) is 0.0357. The van der Waals surface area contributed by atoms with Gasteiger partial charge in [0.2, 0.25) is 0 Å². The third-order valence-electron chi connectivity index (χ3n) is 5.57. The Labute approximate surface area is 173 Å². The first kappa shape index (κ1) is 17.6. The molecule has 1 aliphatic rings. The molecule has 0 fully saturated rings. The topological polar surface area (TPSA) is 0 Å². The van der Waals surface area contributed by atoms with Crippen LogP contribution in [0.5, 0.6) is 0 Å². The fourth-order valence-corrected chi connectivity index (χ4v) is 4.27. The van der Waals surface area contributed by atoms with Crippen LogP contribution in [-0.4, -0.2) is 12.4 Å². The molecule has 1 heteroatoms. The van der Waals surface area contributed by atoms with Crippen LogP contribution in [0.4, 0.5) is 0 Å². The minimum absolute atomic E-state index is 0.226. The second-order valence-electron chi connectivity index (χ2n) is 7.36. The summed E-state index contributed by atoms with van der Waals surface area (Å²) < 4.78 is 0. The number of hydrogen-bond donors (Lipinski definition) is 0. The summed E-state index contributed by atoms with van der Waals surface area (Å²) in [6.45, 7) is 2.44. The third kappa shape index (κ3) is 3.41.